The zero-order valence-corrected chi connectivity index (χ0v) is 13.5. The summed E-state index contributed by atoms with van der Waals surface area (Å²) in [6.07, 6.45) is 1.27. The topological polar surface area (TPSA) is 148 Å². The molecule has 11 heteroatoms. The van der Waals surface area contributed by atoms with E-state index in [1.54, 1.807) is 0 Å². The number of nitro groups is 1. The highest BCUT2D eigenvalue weighted by Gasteiger charge is 2.12. The summed E-state index contributed by atoms with van der Waals surface area (Å²) in [7, 11) is 0. The molecule has 122 valence electrons. The molecule has 0 saturated carbocycles. The van der Waals surface area contributed by atoms with E-state index in [0.29, 0.717) is 0 Å². The molecule has 0 aliphatic rings. The van der Waals surface area contributed by atoms with Gasteiger partial charge >= 0.3 is 0 Å². The number of nitrogens with zero attached hydrogens (tertiary/aromatic N) is 4. The second-order valence-electron chi connectivity index (χ2n) is 4.32. The van der Waals surface area contributed by atoms with E-state index in [4.69, 9.17) is 22.6 Å². The summed E-state index contributed by atoms with van der Waals surface area (Å²) in [6, 6.07) is 5.57. The Morgan fingerprint density at radius 2 is 2.29 bits per heavy atom. The average molecular weight is 365 g/mol. The Morgan fingerprint density at radius 3 is 2.88 bits per heavy atom. The molecule has 0 aliphatic heterocycles. The van der Waals surface area contributed by atoms with Crippen molar-refractivity contribution in [1.29, 1.82) is 5.26 Å². The van der Waals surface area contributed by atoms with Crippen LogP contribution in [0.3, 0.4) is 0 Å². The van der Waals surface area contributed by atoms with E-state index >= 15 is 0 Å². The van der Waals surface area contributed by atoms with Crippen LogP contribution >= 0.6 is 23.4 Å². The molecule has 2 aromatic rings. The summed E-state index contributed by atoms with van der Waals surface area (Å²) >= 11 is 6.91. The fraction of sp³-hybridized carbons (Fsp3) is 0.0769. The molecule has 0 aliphatic carbocycles. The smallest absolute Gasteiger partial charge is 0.271 e. The first-order chi connectivity index (χ1) is 11.4. The molecule has 0 bridgehead atoms. The van der Waals surface area contributed by atoms with Crippen LogP contribution in [0, 0.1) is 21.4 Å². The van der Waals surface area contributed by atoms with E-state index in [2.05, 4.69) is 15.3 Å². The molecule has 0 atom stereocenters. The lowest BCUT2D eigenvalue weighted by molar-refractivity contribution is -0.384. The van der Waals surface area contributed by atoms with Gasteiger partial charge in [-0.25, -0.2) is 9.97 Å². The van der Waals surface area contributed by atoms with Crippen molar-refractivity contribution in [3.05, 3.63) is 45.1 Å². The number of rotatable bonds is 5. The molecule has 2 rings (SSSR count). The van der Waals surface area contributed by atoms with Crippen LogP contribution in [0.1, 0.15) is 5.56 Å². The number of carbonyl (C=O) groups excluding carboxylic acids is 1. The maximum atomic E-state index is 11.9. The van der Waals surface area contributed by atoms with Crippen molar-refractivity contribution < 1.29 is 9.72 Å². The summed E-state index contributed by atoms with van der Waals surface area (Å²) in [6.45, 7) is 0. The third-order valence-electron chi connectivity index (χ3n) is 2.69. The molecule has 1 heterocycles. The Kier molecular flexibility index (Phi) is 5.51. The minimum Gasteiger partial charge on any atom is -0.382 e. The molecule has 0 radical (unpaired) electrons. The number of halogens is 1. The number of hydrogen-bond acceptors (Lipinski definition) is 8. The van der Waals surface area contributed by atoms with Crippen molar-refractivity contribution in [2.75, 3.05) is 16.8 Å². The quantitative estimate of drug-likeness (QED) is 0.355. The summed E-state index contributed by atoms with van der Waals surface area (Å²) in [5.74, 6) is -0.394. The van der Waals surface area contributed by atoms with Gasteiger partial charge in [-0.2, -0.15) is 5.26 Å². The summed E-state index contributed by atoms with van der Waals surface area (Å²) < 4.78 is 0. The highest BCUT2D eigenvalue weighted by molar-refractivity contribution is 7.99. The lowest BCUT2D eigenvalue weighted by atomic mass is 10.3. The number of anilines is 2. The molecule has 1 amide bonds. The van der Waals surface area contributed by atoms with Crippen molar-refractivity contribution in [1.82, 2.24) is 9.97 Å². The number of nitrogens with one attached hydrogen (secondary N) is 1. The molecule has 0 spiro atoms. The van der Waals surface area contributed by atoms with Crippen molar-refractivity contribution in [3.63, 3.8) is 0 Å². The van der Waals surface area contributed by atoms with E-state index < -0.39 is 10.8 Å². The second-order valence-corrected chi connectivity index (χ2v) is 5.67. The van der Waals surface area contributed by atoms with Crippen molar-refractivity contribution in [2.45, 2.75) is 5.16 Å². The number of nitrogen functional groups attached to an aromatic ring is 1. The van der Waals surface area contributed by atoms with Crippen molar-refractivity contribution in [3.8, 4) is 6.07 Å². The van der Waals surface area contributed by atoms with Crippen molar-refractivity contribution in [2.24, 2.45) is 0 Å². The monoisotopic (exact) mass is 364 g/mol. The van der Waals surface area contributed by atoms with Crippen LogP contribution in [0.5, 0.6) is 0 Å². The Morgan fingerprint density at radius 1 is 1.54 bits per heavy atom. The predicted molar refractivity (Wildman–Crippen MR) is 88.6 cm³/mol. The number of thioether (sulfide) groups is 1. The van der Waals surface area contributed by atoms with Gasteiger partial charge in [0.25, 0.3) is 5.69 Å². The van der Waals surface area contributed by atoms with Gasteiger partial charge < -0.3 is 11.1 Å². The van der Waals surface area contributed by atoms with Crippen LogP contribution in [-0.4, -0.2) is 26.6 Å². The number of non-ortho nitro benzene ring substituents is 1. The van der Waals surface area contributed by atoms with Crippen LogP contribution in [0.25, 0.3) is 0 Å². The minimum atomic E-state index is -0.583. The van der Waals surface area contributed by atoms with E-state index in [-0.39, 0.29) is 38.7 Å². The van der Waals surface area contributed by atoms with Gasteiger partial charge in [-0.1, -0.05) is 23.4 Å². The number of carbonyl (C=O) groups is 1. The average Bonchev–Trinajstić information content (AvgIpc) is 2.54. The number of nitro benzene ring substituents is 1. The molecule has 1 aromatic carbocycles. The molecule has 3 N–H and O–H groups in total. The van der Waals surface area contributed by atoms with Gasteiger partial charge in [0.2, 0.25) is 5.91 Å². The number of nitriles is 1. The largest absolute Gasteiger partial charge is 0.382 e. The molecule has 0 fully saturated rings. The molecule has 0 unspecified atom stereocenters. The maximum Gasteiger partial charge on any atom is 0.271 e. The van der Waals surface area contributed by atoms with Gasteiger partial charge in [0.05, 0.1) is 27.6 Å². The number of aromatic nitrogens is 2. The van der Waals surface area contributed by atoms with E-state index in [1.165, 1.54) is 18.3 Å². The maximum absolute atomic E-state index is 11.9. The van der Waals surface area contributed by atoms with Gasteiger partial charge in [-0.05, 0) is 6.07 Å². The molecule has 0 saturated heterocycles. The van der Waals surface area contributed by atoms with E-state index in [1.807, 2.05) is 6.07 Å². The number of amides is 1. The first-order valence-corrected chi connectivity index (χ1v) is 7.66. The number of hydrogen-bond donors (Lipinski definition) is 2. The molecular weight excluding hydrogens is 356 g/mol. The van der Waals surface area contributed by atoms with Crippen molar-refractivity contribution >= 4 is 46.5 Å². The Labute approximate surface area is 145 Å². The zero-order valence-electron chi connectivity index (χ0n) is 11.9. The standard InChI is InChI=1S/C13H9ClN6O3S/c14-9-3-8(20(22)23)1-2-10(9)18-11(21)6-24-13-17-5-7(4-15)12(16)19-13/h1-3,5H,6H2,(H,18,21)(H2,16,17,19). The first-order valence-electron chi connectivity index (χ1n) is 6.30. The van der Waals surface area contributed by atoms with E-state index in [9.17, 15) is 14.9 Å². The Balaban J connectivity index is 1.98. The Bertz CT molecular complexity index is 854. The summed E-state index contributed by atoms with van der Waals surface area (Å²) in [5, 5.41) is 22.2. The second kappa shape index (κ2) is 7.58. The summed E-state index contributed by atoms with van der Waals surface area (Å²) in [5.41, 5.74) is 5.80. The van der Waals surface area contributed by atoms with Gasteiger partial charge in [0.1, 0.15) is 17.5 Å². The third-order valence-corrected chi connectivity index (χ3v) is 3.86. The summed E-state index contributed by atoms with van der Waals surface area (Å²) in [4.78, 5) is 29.8. The fourth-order valence-corrected chi connectivity index (χ4v) is 2.41. The van der Waals surface area contributed by atoms with Crippen LogP contribution in [-0.2, 0) is 4.79 Å². The van der Waals surface area contributed by atoms with Crippen LogP contribution in [0.4, 0.5) is 17.2 Å². The SMILES string of the molecule is N#Cc1cnc(SCC(=O)Nc2ccc([N+](=O)[O-])cc2Cl)nc1N. The van der Waals surface area contributed by atoms with Crippen LogP contribution in [0.2, 0.25) is 5.02 Å². The van der Waals surface area contributed by atoms with Gasteiger partial charge in [-0.3, -0.25) is 14.9 Å². The minimum absolute atomic E-state index is 0.0291. The fourth-order valence-electron chi connectivity index (χ4n) is 1.57. The third kappa shape index (κ3) is 4.31. The highest BCUT2D eigenvalue weighted by atomic mass is 35.5. The zero-order chi connectivity index (χ0) is 17.7. The van der Waals surface area contributed by atoms with Gasteiger partial charge in [-0.15, -0.1) is 0 Å². The van der Waals surface area contributed by atoms with Gasteiger partial charge in [0, 0.05) is 12.1 Å². The molecule has 24 heavy (non-hydrogen) atoms. The van der Waals surface area contributed by atoms with Crippen LogP contribution < -0.4 is 11.1 Å². The first kappa shape index (κ1) is 17.5. The lowest BCUT2D eigenvalue weighted by Crippen LogP contribution is -2.14. The predicted octanol–water partition coefficient (Wildman–Crippen LogP) is 2.22. The Hall–Kier alpha value is -2.90. The molecule has 1 aromatic heterocycles. The highest BCUT2D eigenvalue weighted by Crippen LogP contribution is 2.27. The molecular formula is C13H9ClN6O3S. The van der Waals surface area contributed by atoms with Crippen LogP contribution in [0.15, 0.2) is 29.6 Å². The number of nitrogens with two attached hydrogens (primary N) is 1. The van der Waals surface area contributed by atoms with Gasteiger partial charge in [0.15, 0.2) is 5.16 Å². The van der Waals surface area contributed by atoms with E-state index in [0.717, 1.165) is 17.8 Å². The number of benzene rings is 1. The lowest BCUT2D eigenvalue weighted by Gasteiger charge is -2.07. The normalized spacial score (nSPS) is 10.0. The molecule has 9 nitrogen and oxygen atoms in total.